The summed E-state index contributed by atoms with van der Waals surface area (Å²) in [6.45, 7) is 3.87. The summed E-state index contributed by atoms with van der Waals surface area (Å²) >= 11 is 7.52. The molecule has 0 aliphatic carbocycles. The number of halogens is 1. The number of aromatic nitrogens is 4. The molecule has 0 aliphatic rings. The Morgan fingerprint density at radius 3 is 2.78 bits per heavy atom. The van der Waals surface area contributed by atoms with Crippen LogP contribution < -0.4 is 10.9 Å². The number of hydrogen-bond donors (Lipinski definition) is 1. The Bertz CT molecular complexity index is 1710. The van der Waals surface area contributed by atoms with Gasteiger partial charge in [-0.1, -0.05) is 23.7 Å². The van der Waals surface area contributed by atoms with E-state index >= 15 is 0 Å². The molecule has 36 heavy (non-hydrogen) atoms. The monoisotopic (exact) mass is 519 g/mol. The summed E-state index contributed by atoms with van der Waals surface area (Å²) in [6, 6.07) is 12.6. The fourth-order valence-corrected chi connectivity index (χ4v) is 5.25. The number of esters is 1. The van der Waals surface area contributed by atoms with Gasteiger partial charge in [0.15, 0.2) is 5.69 Å². The van der Waals surface area contributed by atoms with Crippen molar-refractivity contribution in [2.75, 3.05) is 12.4 Å². The van der Waals surface area contributed by atoms with Gasteiger partial charge in [-0.05, 0) is 49.7 Å². The lowest BCUT2D eigenvalue weighted by Gasteiger charge is -2.20. The molecule has 0 spiro atoms. The number of rotatable bonds is 5. The predicted molar refractivity (Wildman–Crippen MR) is 143 cm³/mol. The van der Waals surface area contributed by atoms with Gasteiger partial charge in [-0.2, -0.15) is 0 Å². The first-order valence-corrected chi connectivity index (χ1v) is 12.4. The summed E-state index contributed by atoms with van der Waals surface area (Å²) in [4.78, 5) is 39.3. The van der Waals surface area contributed by atoms with Crippen LogP contribution in [0, 0.1) is 6.92 Å². The molecular weight excluding hydrogens is 498 g/mol. The summed E-state index contributed by atoms with van der Waals surface area (Å²) in [6.07, 6.45) is 0. The van der Waals surface area contributed by atoms with Crippen molar-refractivity contribution in [3.8, 4) is 11.4 Å². The molecule has 0 fully saturated rings. The molecule has 2 aromatic carbocycles. The van der Waals surface area contributed by atoms with Crippen LogP contribution in [0.15, 0.2) is 52.8 Å². The molecule has 0 saturated carbocycles. The van der Waals surface area contributed by atoms with Gasteiger partial charge in [0.25, 0.3) is 5.56 Å². The van der Waals surface area contributed by atoms with Crippen LogP contribution in [0.1, 0.15) is 34.6 Å². The Labute approximate surface area is 215 Å². The van der Waals surface area contributed by atoms with E-state index in [1.54, 1.807) is 29.3 Å². The van der Waals surface area contributed by atoms with Crippen molar-refractivity contribution < 1.29 is 9.53 Å². The van der Waals surface area contributed by atoms with Gasteiger partial charge in [0.2, 0.25) is 0 Å². The van der Waals surface area contributed by atoms with Crippen molar-refractivity contribution in [3.63, 3.8) is 0 Å². The fraction of sp³-hybridized carbons (Fsp3) is 0.192. The Morgan fingerprint density at radius 1 is 1.19 bits per heavy atom. The SMILES string of the molecule is COC(=O)c1nc(Cl)ccc1NC(C)c1cc(C)cc2c(=O)n(C)c(-c3cccc4ncsc34)nc12. The number of methoxy groups -OCH3 is 1. The van der Waals surface area contributed by atoms with Crippen LogP contribution in [0.5, 0.6) is 0 Å². The van der Waals surface area contributed by atoms with E-state index in [1.165, 1.54) is 18.4 Å². The number of nitrogens with one attached hydrogen (secondary N) is 1. The number of carbonyl (C=O) groups excluding carboxylic acids is 1. The quantitative estimate of drug-likeness (QED) is 0.241. The van der Waals surface area contributed by atoms with E-state index in [1.807, 2.05) is 44.2 Å². The molecule has 0 saturated heterocycles. The maximum atomic E-state index is 13.5. The molecule has 5 aromatic rings. The Balaban J connectivity index is 1.69. The molecule has 3 heterocycles. The molecule has 0 radical (unpaired) electrons. The highest BCUT2D eigenvalue weighted by Gasteiger charge is 2.21. The number of benzene rings is 2. The van der Waals surface area contributed by atoms with E-state index < -0.39 is 5.97 Å². The van der Waals surface area contributed by atoms with Crippen molar-refractivity contribution >= 4 is 55.7 Å². The van der Waals surface area contributed by atoms with Gasteiger partial charge in [-0.3, -0.25) is 9.36 Å². The maximum absolute atomic E-state index is 13.5. The third kappa shape index (κ3) is 4.10. The number of ether oxygens (including phenoxy) is 1. The summed E-state index contributed by atoms with van der Waals surface area (Å²) in [5, 5.41) is 4.03. The Hall–Kier alpha value is -3.82. The van der Waals surface area contributed by atoms with Gasteiger partial charge in [0.1, 0.15) is 11.0 Å². The molecule has 0 aliphatic heterocycles. The van der Waals surface area contributed by atoms with Crippen LogP contribution in [0.2, 0.25) is 5.15 Å². The highest BCUT2D eigenvalue weighted by atomic mass is 35.5. The van der Waals surface area contributed by atoms with Crippen molar-refractivity contribution in [1.29, 1.82) is 0 Å². The lowest BCUT2D eigenvalue weighted by molar-refractivity contribution is 0.0595. The van der Waals surface area contributed by atoms with Crippen LogP contribution in [0.25, 0.3) is 32.5 Å². The smallest absolute Gasteiger partial charge is 0.358 e. The van der Waals surface area contributed by atoms with Gasteiger partial charge in [-0.15, -0.1) is 11.3 Å². The molecule has 8 nitrogen and oxygen atoms in total. The molecule has 0 amide bonds. The molecule has 182 valence electrons. The standard InChI is InChI=1S/C26H22ClN5O3S/c1-13-10-16(14(2)29-18-8-9-20(27)30-22(18)26(34)35-4)21-17(11-13)25(33)32(3)24(31-21)15-6-5-7-19-23(15)36-12-28-19/h5-12,14,29H,1-4H3. The molecule has 0 bridgehead atoms. The first-order valence-electron chi connectivity index (χ1n) is 11.1. The Morgan fingerprint density at radius 2 is 2.00 bits per heavy atom. The van der Waals surface area contributed by atoms with Crippen LogP contribution in [0.3, 0.4) is 0 Å². The largest absolute Gasteiger partial charge is 0.464 e. The first kappa shape index (κ1) is 23.9. The second-order valence-corrected chi connectivity index (χ2v) is 9.69. The zero-order valence-corrected chi connectivity index (χ0v) is 21.6. The maximum Gasteiger partial charge on any atom is 0.358 e. The van der Waals surface area contributed by atoms with E-state index in [9.17, 15) is 9.59 Å². The highest BCUT2D eigenvalue weighted by molar-refractivity contribution is 7.17. The van der Waals surface area contributed by atoms with Gasteiger partial charge in [-0.25, -0.2) is 19.7 Å². The number of nitrogens with zero attached hydrogens (tertiary/aromatic N) is 4. The summed E-state index contributed by atoms with van der Waals surface area (Å²) < 4.78 is 7.42. The molecule has 3 aromatic heterocycles. The van der Waals surface area contributed by atoms with Gasteiger partial charge < -0.3 is 10.1 Å². The van der Waals surface area contributed by atoms with Gasteiger partial charge in [0.05, 0.1) is 45.5 Å². The number of pyridine rings is 1. The normalized spacial score (nSPS) is 12.1. The zero-order valence-electron chi connectivity index (χ0n) is 20.0. The topological polar surface area (TPSA) is 99.0 Å². The van der Waals surface area contributed by atoms with E-state index in [4.69, 9.17) is 21.3 Å². The van der Waals surface area contributed by atoms with E-state index in [0.717, 1.165) is 26.9 Å². The lowest BCUT2D eigenvalue weighted by Crippen LogP contribution is -2.22. The highest BCUT2D eigenvalue weighted by Crippen LogP contribution is 2.32. The van der Waals surface area contributed by atoms with Crippen LogP contribution in [0.4, 0.5) is 5.69 Å². The van der Waals surface area contributed by atoms with Crippen molar-refractivity contribution in [2.24, 2.45) is 7.05 Å². The average Bonchev–Trinajstić information content (AvgIpc) is 3.36. The van der Waals surface area contributed by atoms with Gasteiger partial charge in [0, 0.05) is 18.2 Å². The number of fused-ring (bicyclic) bond motifs is 2. The third-order valence-electron chi connectivity index (χ3n) is 6.03. The van der Waals surface area contributed by atoms with Crippen molar-refractivity contribution in [1.82, 2.24) is 19.5 Å². The molecule has 1 atom stereocenters. The van der Waals surface area contributed by atoms with Crippen molar-refractivity contribution in [3.05, 3.63) is 80.3 Å². The average molecular weight is 520 g/mol. The zero-order chi connectivity index (χ0) is 25.6. The number of anilines is 1. The first-order chi connectivity index (χ1) is 17.3. The van der Waals surface area contributed by atoms with Crippen LogP contribution in [-0.2, 0) is 11.8 Å². The second-order valence-electron chi connectivity index (χ2n) is 8.44. The molecule has 5 rings (SSSR count). The van der Waals surface area contributed by atoms with Crippen LogP contribution in [-0.4, -0.2) is 32.6 Å². The number of thiazole rings is 1. The predicted octanol–water partition coefficient (Wildman–Crippen LogP) is 5.53. The summed E-state index contributed by atoms with van der Waals surface area (Å²) in [5.74, 6) is -0.0451. The summed E-state index contributed by atoms with van der Waals surface area (Å²) in [5.41, 5.74) is 6.21. The van der Waals surface area contributed by atoms with E-state index in [-0.39, 0.29) is 22.4 Å². The van der Waals surface area contributed by atoms with E-state index in [2.05, 4.69) is 15.3 Å². The Kier molecular flexibility index (Phi) is 6.19. The molecule has 1 unspecified atom stereocenters. The minimum absolute atomic E-state index is 0.0789. The molecule has 1 N–H and O–H groups in total. The minimum atomic E-state index is -0.603. The third-order valence-corrected chi connectivity index (χ3v) is 7.12. The lowest BCUT2D eigenvalue weighted by atomic mass is 10.0. The number of aryl methyl sites for hydroxylation is 1. The minimum Gasteiger partial charge on any atom is -0.464 e. The fourth-order valence-electron chi connectivity index (χ4n) is 4.30. The van der Waals surface area contributed by atoms with Crippen LogP contribution >= 0.6 is 22.9 Å². The van der Waals surface area contributed by atoms with Crippen molar-refractivity contribution in [2.45, 2.75) is 19.9 Å². The number of carbonyl (C=O) groups is 1. The molecular formula is C26H22ClN5O3S. The second kappa shape index (κ2) is 9.33. The van der Waals surface area contributed by atoms with E-state index in [0.29, 0.717) is 22.4 Å². The van der Waals surface area contributed by atoms with Gasteiger partial charge >= 0.3 is 5.97 Å². The summed E-state index contributed by atoms with van der Waals surface area (Å²) in [7, 11) is 3.02. The number of hydrogen-bond acceptors (Lipinski definition) is 8. The molecule has 10 heteroatoms.